The summed E-state index contributed by atoms with van der Waals surface area (Å²) >= 11 is 1.56. The molecule has 100 valence electrons. The first-order valence-electron chi connectivity index (χ1n) is 6.25. The van der Waals surface area contributed by atoms with Crippen molar-refractivity contribution in [3.05, 3.63) is 27.1 Å². The molecule has 2 aromatic rings. The molecular weight excluding hydrogens is 264 g/mol. The maximum atomic E-state index is 12.3. The molecule has 0 aliphatic heterocycles. The van der Waals surface area contributed by atoms with Crippen molar-refractivity contribution in [3.8, 4) is 0 Å². The molecule has 5 nitrogen and oxygen atoms in total. The number of fused-ring (bicyclic) bond motifs is 3. The van der Waals surface area contributed by atoms with E-state index >= 15 is 0 Å². The van der Waals surface area contributed by atoms with Gasteiger partial charge in [-0.25, -0.2) is 4.98 Å². The van der Waals surface area contributed by atoms with Crippen molar-refractivity contribution in [2.75, 3.05) is 0 Å². The van der Waals surface area contributed by atoms with Gasteiger partial charge in [-0.1, -0.05) is 6.92 Å². The minimum atomic E-state index is -1.28. The van der Waals surface area contributed by atoms with Gasteiger partial charge in [0, 0.05) is 4.88 Å². The van der Waals surface area contributed by atoms with E-state index in [4.69, 9.17) is 0 Å². The first-order valence-corrected chi connectivity index (χ1v) is 7.07. The minimum Gasteiger partial charge on any atom is -0.548 e. The van der Waals surface area contributed by atoms with Crippen LogP contribution in [0.3, 0.4) is 0 Å². The number of aryl methyl sites for hydroxylation is 1. The molecule has 1 aliphatic carbocycles. The number of rotatable bonds is 2. The molecule has 3 rings (SSSR count). The Labute approximate surface area is 113 Å². The Morgan fingerprint density at radius 2 is 2.42 bits per heavy atom. The minimum absolute atomic E-state index is 0.263. The van der Waals surface area contributed by atoms with Gasteiger partial charge in [0.05, 0.1) is 24.2 Å². The molecule has 2 heterocycles. The van der Waals surface area contributed by atoms with E-state index in [1.54, 1.807) is 11.3 Å². The lowest BCUT2D eigenvalue weighted by Gasteiger charge is -2.17. The standard InChI is InChI=1S/C13H14N2O3S/c1-7-2-3-8-9(4-7)19-12-11(8)13(18)15(6-14-12)5-10(16)17/h6-7H,2-5H2,1H3,(H,16,17)/p-1/t7-/m1/s1. The zero-order valence-electron chi connectivity index (χ0n) is 10.5. The van der Waals surface area contributed by atoms with Gasteiger partial charge in [-0.3, -0.25) is 9.36 Å². The molecule has 0 bridgehead atoms. The van der Waals surface area contributed by atoms with Crippen LogP contribution < -0.4 is 10.7 Å². The van der Waals surface area contributed by atoms with Gasteiger partial charge in [-0.05, 0) is 30.7 Å². The summed E-state index contributed by atoms with van der Waals surface area (Å²) in [6.45, 7) is 1.76. The van der Waals surface area contributed by atoms with E-state index in [-0.39, 0.29) is 5.56 Å². The lowest BCUT2D eigenvalue weighted by atomic mass is 9.89. The Morgan fingerprint density at radius 1 is 1.63 bits per heavy atom. The average Bonchev–Trinajstić information content (AvgIpc) is 2.70. The van der Waals surface area contributed by atoms with Crippen LogP contribution in [0.15, 0.2) is 11.1 Å². The monoisotopic (exact) mass is 277 g/mol. The van der Waals surface area contributed by atoms with E-state index in [1.165, 1.54) is 11.2 Å². The van der Waals surface area contributed by atoms with Crippen LogP contribution in [0.4, 0.5) is 0 Å². The Balaban J connectivity index is 2.20. The van der Waals surface area contributed by atoms with Crippen molar-refractivity contribution in [2.45, 2.75) is 32.7 Å². The fraction of sp³-hybridized carbons (Fsp3) is 0.462. The van der Waals surface area contributed by atoms with E-state index in [1.807, 2.05) is 0 Å². The second kappa shape index (κ2) is 4.45. The summed E-state index contributed by atoms with van der Waals surface area (Å²) in [6, 6.07) is 0. The number of carbonyl (C=O) groups is 1. The molecule has 1 atom stereocenters. The third kappa shape index (κ3) is 2.06. The summed E-state index contributed by atoms with van der Waals surface area (Å²) in [7, 11) is 0. The number of aromatic nitrogens is 2. The van der Waals surface area contributed by atoms with Crippen molar-refractivity contribution < 1.29 is 9.90 Å². The molecule has 0 fully saturated rings. The molecule has 0 amide bonds. The van der Waals surface area contributed by atoms with Crippen molar-refractivity contribution >= 4 is 27.5 Å². The number of carboxylic acid groups (broad SMARTS) is 1. The maximum Gasteiger partial charge on any atom is 0.262 e. The molecule has 6 heteroatoms. The summed E-state index contributed by atoms with van der Waals surface area (Å²) in [4.78, 5) is 29.1. The molecule has 0 unspecified atom stereocenters. The topological polar surface area (TPSA) is 75.0 Å². The quantitative estimate of drug-likeness (QED) is 0.793. The van der Waals surface area contributed by atoms with Crippen LogP contribution in [0.5, 0.6) is 0 Å². The molecular formula is C13H13N2O3S-. The molecule has 19 heavy (non-hydrogen) atoms. The predicted octanol–water partition coefficient (Wildman–Crippen LogP) is 0.333. The number of aliphatic carboxylic acids is 1. The van der Waals surface area contributed by atoms with Gasteiger partial charge >= 0.3 is 0 Å². The highest BCUT2D eigenvalue weighted by molar-refractivity contribution is 7.18. The summed E-state index contributed by atoms with van der Waals surface area (Å²) in [6.07, 6.45) is 4.22. The Hall–Kier alpha value is -1.69. The van der Waals surface area contributed by atoms with E-state index in [9.17, 15) is 14.7 Å². The van der Waals surface area contributed by atoms with Crippen molar-refractivity contribution in [1.29, 1.82) is 0 Å². The normalized spacial score (nSPS) is 18.5. The smallest absolute Gasteiger partial charge is 0.262 e. The summed E-state index contributed by atoms with van der Waals surface area (Å²) in [5.41, 5.74) is 0.810. The fourth-order valence-electron chi connectivity index (χ4n) is 2.62. The van der Waals surface area contributed by atoms with Crippen LogP contribution in [-0.4, -0.2) is 15.5 Å². The molecule has 0 N–H and O–H groups in total. The first-order chi connectivity index (χ1) is 9.06. The van der Waals surface area contributed by atoms with Gasteiger partial charge < -0.3 is 9.90 Å². The lowest BCUT2D eigenvalue weighted by Crippen LogP contribution is -2.33. The van der Waals surface area contributed by atoms with Crippen molar-refractivity contribution in [1.82, 2.24) is 9.55 Å². The largest absolute Gasteiger partial charge is 0.548 e. The van der Waals surface area contributed by atoms with E-state index in [2.05, 4.69) is 11.9 Å². The molecule has 0 radical (unpaired) electrons. The highest BCUT2D eigenvalue weighted by Crippen LogP contribution is 2.35. The SMILES string of the molecule is C[C@@H]1CCc2c(sc3ncn(CC(=O)[O-])c(=O)c23)C1. The Kier molecular flexibility index (Phi) is 2.89. The third-order valence-corrected chi connectivity index (χ3v) is 4.74. The molecule has 1 aliphatic rings. The van der Waals surface area contributed by atoms with Gasteiger partial charge in [0.25, 0.3) is 5.56 Å². The Morgan fingerprint density at radius 3 is 3.16 bits per heavy atom. The highest BCUT2D eigenvalue weighted by atomic mass is 32.1. The number of hydrogen-bond acceptors (Lipinski definition) is 5. The van der Waals surface area contributed by atoms with Gasteiger partial charge in [-0.15, -0.1) is 11.3 Å². The number of hydrogen-bond donors (Lipinski definition) is 0. The van der Waals surface area contributed by atoms with E-state index in [0.717, 1.165) is 34.2 Å². The summed E-state index contributed by atoms with van der Waals surface area (Å²) in [5.74, 6) is -0.646. The van der Waals surface area contributed by atoms with Crippen molar-refractivity contribution in [2.24, 2.45) is 5.92 Å². The third-order valence-electron chi connectivity index (χ3n) is 3.58. The Bertz CT molecular complexity index is 716. The maximum absolute atomic E-state index is 12.3. The van der Waals surface area contributed by atoms with Crippen LogP contribution in [0.1, 0.15) is 23.8 Å². The summed E-state index contributed by atoms with van der Waals surface area (Å²) in [5, 5.41) is 11.2. The van der Waals surface area contributed by atoms with E-state index in [0.29, 0.717) is 11.3 Å². The molecule has 2 aromatic heterocycles. The molecule has 0 saturated carbocycles. The van der Waals surface area contributed by atoms with Crippen LogP contribution in [0.2, 0.25) is 0 Å². The van der Waals surface area contributed by atoms with Gasteiger partial charge in [0.2, 0.25) is 0 Å². The summed E-state index contributed by atoms with van der Waals surface area (Å²) < 4.78 is 1.11. The first kappa shape index (κ1) is 12.3. The van der Waals surface area contributed by atoms with Gasteiger partial charge in [-0.2, -0.15) is 0 Å². The second-order valence-corrected chi connectivity index (χ2v) is 6.17. The average molecular weight is 277 g/mol. The second-order valence-electron chi connectivity index (χ2n) is 5.08. The van der Waals surface area contributed by atoms with Crippen molar-refractivity contribution in [3.63, 3.8) is 0 Å². The van der Waals surface area contributed by atoms with E-state index < -0.39 is 12.5 Å². The van der Waals surface area contributed by atoms with Crippen LogP contribution in [0, 0.1) is 5.92 Å². The zero-order valence-corrected chi connectivity index (χ0v) is 11.3. The molecule has 0 spiro atoms. The van der Waals surface area contributed by atoms with Gasteiger partial charge in [0.1, 0.15) is 4.83 Å². The fourth-order valence-corrected chi connectivity index (χ4v) is 3.96. The number of carboxylic acids is 1. The van der Waals surface area contributed by atoms with Crippen LogP contribution in [-0.2, 0) is 24.2 Å². The number of thiophene rings is 1. The predicted molar refractivity (Wildman–Crippen MR) is 70.1 cm³/mol. The lowest BCUT2D eigenvalue weighted by molar-refractivity contribution is -0.306. The highest BCUT2D eigenvalue weighted by Gasteiger charge is 2.22. The molecule has 0 saturated heterocycles. The number of carbonyl (C=O) groups excluding carboxylic acids is 1. The van der Waals surface area contributed by atoms with Crippen LogP contribution >= 0.6 is 11.3 Å². The van der Waals surface area contributed by atoms with Crippen LogP contribution in [0.25, 0.3) is 10.2 Å². The van der Waals surface area contributed by atoms with Gasteiger partial charge in [0.15, 0.2) is 0 Å². The zero-order chi connectivity index (χ0) is 13.6. The number of nitrogens with zero attached hydrogens (tertiary/aromatic N) is 2. The molecule has 0 aromatic carbocycles.